The topological polar surface area (TPSA) is 39.3 Å². The first-order chi connectivity index (χ1) is 10.7. The second-order valence-electron chi connectivity index (χ2n) is 5.54. The third-order valence-electron chi connectivity index (χ3n) is 4.20. The lowest BCUT2D eigenvalue weighted by Gasteiger charge is -2.15. The van der Waals surface area contributed by atoms with Crippen LogP contribution in [0.3, 0.4) is 0 Å². The number of nitrogens with zero attached hydrogens (tertiary/aromatic N) is 2. The Balaban J connectivity index is 2.20. The summed E-state index contributed by atoms with van der Waals surface area (Å²) in [5.41, 5.74) is 3.20. The van der Waals surface area contributed by atoms with Crippen LogP contribution in [0, 0.1) is 0 Å². The monoisotopic (exact) mass is 300 g/mol. The maximum absolute atomic E-state index is 12.0. The average Bonchev–Trinajstić information content (AvgIpc) is 2.57. The Bertz CT molecular complexity index is 642. The second-order valence-corrected chi connectivity index (χ2v) is 5.54. The van der Waals surface area contributed by atoms with Gasteiger partial charge in [-0.25, -0.2) is 4.68 Å². The largest absolute Gasteiger partial charge is 0.334 e. The van der Waals surface area contributed by atoms with Crippen molar-refractivity contribution in [1.29, 1.82) is 0 Å². The lowest BCUT2D eigenvalue weighted by Crippen LogP contribution is -3.11. The highest BCUT2D eigenvalue weighted by Gasteiger charge is 2.07. The van der Waals surface area contributed by atoms with Crippen LogP contribution in [0.2, 0.25) is 0 Å². The fourth-order valence-electron chi connectivity index (χ4n) is 2.54. The molecule has 118 valence electrons. The van der Waals surface area contributed by atoms with Gasteiger partial charge in [0, 0.05) is 11.6 Å². The molecule has 0 radical (unpaired) electrons. The van der Waals surface area contributed by atoms with Crippen molar-refractivity contribution >= 4 is 0 Å². The molecule has 0 saturated carbocycles. The van der Waals surface area contributed by atoms with E-state index in [9.17, 15) is 4.79 Å². The van der Waals surface area contributed by atoms with Crippen LogP contribution in [-0.2, 0) is 13.0 Å². The molecule has 2 rings (SSSR count). The summed E-state index contributed by atoms with van der Waals surface area (Å²) in [6, 6.07) is 11.8. The lowest BCUT2D eigenvalue weighted by atomic mass is 10.1. The zero-order chi connectivity index (χ0) is 15.9. The molecule has 0 unspecified atom stereocenters. The van der Waals surface area contributed by atoms with Crippen molar-refractivity contribution < 1.29 is 4.90 Å². The highest BCUT2D eigenvalue weighted by Crippen LogP contribution is 2.16. The molecule has 0 bridgehead atoms. The zero-order valence-corrected chi connectivity index (χ0v) is 13.8. The fraction of sp³-hybridized carbons (Fsp3) is 0.444. The summed E-state index contributed by atoms with van der Waals surface area (Å²) in [6.07, 6.45) is 1.03. The van der Waals surface area contributed by atoms with Crippen LogP contribution in [0.25, 0.3) is 11.3 Å². The molecule has 0 fully saturated rings. The van der Waals surface area contributed by atoms with Gasteiger partial charge in [-0.15, -0.1) is 0 Å². The van der Waals surface area contributed by atoms with E-state index in [2.05, 4.69) is 50.1 Å². The molecule has 1 N–H and O–H groups in total. The summed E-state index contributed by atoms with van der Waals surface area (Å²) in [4.78, 5) is 13.5. The van der Waals surface area contributed by atoms with Gasteiger partial charge >= 0.3 is 0 Å². The molecule has 1 aromatic heterocycles. The van der Waals surface area contributed by atoms with E-state index in [1.54, 1.807) is 10.7 Å². The number of quaternary nitrogens is 1. The highest BCUT2D eigenvalue weighted by atomic mass is 16.1. The van der Waals surface area contributed by atoms with Gasteiger partial charge in [-0.3, -0.25) is 4.79 Å². The SMILES string of the molecule is CCc1ccc(-c2ccc(=O)n(CC[NH+](CC)CC)n2)cc1. The molecular weight excluding hydrogens is 274 g/mol. The molecule has 2 aromatic rings. The van der Waals surface area contributed by atoms with Crippen molar-refractivity contribution in [3.63, 3.8) is 0 Å². The van der Waals surface area contributed by atoms with E-state index < -0.39 is 0 Å². The summed E-state index contributed by atoms with van der Waals surface area (Å²) in [6.45, 7) is 10.2. The molecule has 0 spiro atoms. The molecule has 0 atom stereocenters. The number of hydrogen-bond acceptors (Lipinski definition) is 2. The third-order valence-corrected chi connectivity index (χ3v) is 4.20. The van der Waals surface area contributed by atoms with Crippen LogP contribution in [0.1, 0.15) is 26.3 Å². The highest BCUT2D eigenvalue weighted by molar-refractivity contribution is 5.58. The summed E-state index contributed by atoms with van der Waals surface area (Å²) in [5.74, 6) is 0. The smallest absolute Gasteiger partial charge is 0.266 e. The Morgan fingerprint density at radius 2 is 1.68 bits per heavy atom. The molecule has 0 aliphatic carbocycles. The molecule has 0 aliphatic rings. The van der Waals surface area contributed by atoms with Gasteiger partial charge in [0.25, 0.3) is 5.56 Å². The average molecular weight is 300 g/mol. The van der Waals surface area contributed by atoms with E-state index in [1.807, 2.05) is 6.07 Å². The number of benzene rings is 1. The zero-order valence-electron chi connectivity index (χ0n) is 13.8. The van der Waals surface area contributed by atoms with Crippen molar-refractivity contribution in [2.24, 2.45) is 0 Å². The van der Waals surface area contributed by atoms with Crippen LogP contribution in [0.5, 0.6) is 0 Å². The molecule has 0 saturated heterocycles. The van der Waals surface area contributed by atoms with Crippen molar-refractivity contribution in [2.75, 3.05) is 19.6 Å². The van der Waals surface area contributed by atoms with Crippen molar-refractivity contribution in [1.82, 2.24) is 9.78 Å². The Hall–Kier alpha value is -1.94. The summed E-state index contributed by atoms with van der Waals surface area (Å²) >= 11 is 0. The van der Waals surface area contributed by atoms with Crippen LogP contribution < -0.4 is 10.5 Å². The molecule has 22 heavy (non-hydrogen) atoms. The maximum Gasteiger partial charge on any atom is 0.266 e. The van der Waals surface area contributed by atoms with Crippen LogP contribution in [-0.4, -0.2) is 29.4 Å². The summed E-state index contributed by atoms with van der Waals surface area (Å²) < 4.78 is 1.59. The van der Waals surface area contributed by atoms with E-state index in [1.165, 1.54) is 10.5 Å². The quantitative estimate of drug-likeness (QED) is 0.839. The molecule has 4 nitrogen and oxygen atoms in total. The van der Waals surface area contributed by atoms with Crippen molar-refractivity contribution in [3.05, 3.63) is 52.3 Å². The standard InChI is InChI=1S/C18H25N3O/c1-4-15-7-9-16(10-8-15)17-11-12-18(22)21(19-17)14-13-20(5-2)6-3/h7-12H,4-6,13-14H2,1-3H3/p+1. The van der Waals surface area contributed by atoms with Gasteiger partial charge in [0.15, 0.2) is 0 Å². The fourth-order valence-corrected chi connectivity index (χ4v) is 2.54. The molecule has 1 aromatic carbocycles. The van der Waals surface area contributed by atoms with E-state index in [4.69, 9.17) is 0 Å². The first-order valence-corrected chi connectivity index (χ1v) is 8.19. The van der Waals surface area contributed by atoms with Crippen molar-refractivity contribution in [2.45, 2.75) is 33.7 Å². The number of likely N-dealkylation sites (N-methyl/N-ethyl adjacent to an activating group) is 1. The molecule has 0 amide bonds. The van der Waals surface area contributed by atoms with Gasteiger partial charge in [0.1, 0.15) is 0 Å². The Morgan fingerprint density at radius 3 is 2.27 bits per heavy atom. The van der Waals surface area contributed by atoms with Gasteiger partial charge in [-0.05, 0) is 31.9 Å². The summed E-state index contributed by atoms with van der Waals surface area (Å²) in [5, 5.41) is 4.53. The van der Waals surface area contributed by atoms with Crippen LogP contribution in [0.4, 0.5) is 0 Å². The minimum Gasteiger partial charge on any atom is -0.334 e. The molecule has 0 aliphatic heterocycles. The van der Waals surface area contributed by atoms with Gasteiger partial charge in [-0.1, -0.05) is 31.2 Å². The Kier molecular flexibility index (Phi) is 5.90. The minimum atomic E-state index is -0.0273. The predicted octanol–water partition coefficient (Wildman–Crippen LogP) is 1.40. The van der Waals surface area contributed by atoms with Crippen LogP contribution >= 0.6 is 0 Å². The Labute approximate surface area is 132 Å². The van der Waals surface area contributed by atoms with Crippen molar-refractivity contribution in [3.8, 4) is 11.3 Å². The number of rotatable bonds is 7. The van der Waals surface area contributed by atoms with Crippen LogP contribution in [0.15, 0.2) is 41.2 Å². The van der Waals surface area contributed by atoms with E-state index in [-0.39, 0.29) is 5.56 Å². The number of aromatic nitrogens is 2. The second kappa shape index (κ2) is 7.90. The third kappa shape index (κ3) is 4.04. The normalized spacial score (nSPS) is 11.1. The molecular formula is C18H26N3O+. The lowest BCUT2D eigenvalue weighted by molar-refractivity contribution is -0.897. The minimum absolute atomic E-state index is 0.0273. The van der Waals surface area contributed by atoms with E-state index in [0.717, 1.165) is 37.3 Å². The number of nitrogens with one attached hydrogen (secondary N) is 1. The first kappa shape index (κ1) is 16.4. The maximum atomic E-state index is 12.0. The van der Waals surface area contributed by atoms with Gasteiger partial charge in [0.2, 0.25) is 0 Å². The van der Waals surface area contributed by atoms with Gasteiger partial charge in [0.05, 0.1) is 31.9 Å². The molecule has 4 heteroatoms. The number of hydrogen-bond donors (Lipinski definition) is 1. The number of aryl methyl sites for hydroxylation is 1. The Morgan fingerprint density at radius 1 is 1.00 bits per heavy atom. The first-order valence-electron chi connectivity index (χ1n) is 8.19. The molecule has 1 heterocycles. The summed E-state index contributed by atoms with van der Waals surface area (Å²) in [7, 11) is 0. The van der Waals surface area contributed by atoms with Gasteiger partial charge in [-0.2, -0.15) is 5.10 Å². The van der Waals surface area contributed by atoms with E-state index in [0.29, 0.717) is 6.54 Å². The predicted molar refractivity (Wildman–Crippen MR) is 90.2 cm³/mol. The van der Waals surface area contributed by atoms with Gasteiger partial charge < -0.3 is 4.90 Å². The van der Waals surface area contributed by atoms with E-state index >= 15 is 0 Å².